The molecule has 0 unspecified atom stereocenters. The number of ether oxygens (including phenoxy) is 3. The first kappa shape index (κ1) is 22.7. The number of esters is 1. The number of hydrogen-bond donors (Lipinski definition) is 2. The van der Waals surface area contributed by atoms with E-state index in [1.165, 1.54) is 7.11 Å². The van der Waals surface area contributed by atoms with Crippen LogP contribution in [-0.4, -0.2) is 32.1 Å². The molecule has 2 aliphatic rings. The summed E-state index contributed by atoms with van der Waals surface area (Å²) in [5, 5.41) is 6.99. The average molecular weight is 451 g/mol. The van der Waals surface area contributed by atoms with E-state index in [0.29, 0.717) is 23.5 Å². The summed E-state index contributed by atoms with van der Waals surface area (Å²) in [6.45, 7) is 5.79. The largest absolute Gasteiger partial charge is 0.493 e. The van der Waals surface area contributed by atoms with Crippen LogP contribution in [0.1, 0.15) is 38.8 Å². The van der Waals surface area contributed by atoms with E-state index in [2.05, 4.69) is 10.6 Å². The van der Waals surface area contributed by atoms with Crippen LogP contribution in [0.15, 0.2) is 53.7 Å². The fraction of sp³-hybridized carbons (Fsp3) is 0.385. The normalized spacial score (nSPS) is 21.9. The molecule has 0 spiro atoms. The number of benzene rings is 2. The van der Waals surface area contributed by atoms with Gasteiger partial charge in [-0.15, -0.1) is 0 Å². The number of nitrogens with one attached hydrogen (secondary N) is 2. The highest BCUT2D eigenvalue weighted by atomic mass is 16.5. The molecular weight excluding hydrogens is 420 g/mol. The third-order valence-electron chi connectivity index (χ3n) is 6.12. The summed E-state index contributed by atoms with van der Waals surface area (Å²) < 4.78 is 16.8. The summed E-state index contributed by atoms with van der Waals surface area (Å²) in [5.41, 5.74) is 3.80. The maximum absolute atomic E-state index is 13.8. The van der Waals surface area contributed by atoms with Crippen LogP contribution in [0.25, 0.3) is 0 Å². The molecule has 0 aromatic heterocycles. The molecule has 0 saturated heterocycles. The molecule has 0 saturated carbocycles. The first-order valence-corrected chi connectivity index (χ1v) is 11.2. The van der Waals surface area contributed by atoms with Crippen molar-refractivity contribution in [3.63, 3.8) is 0 Å². The minimum atomic E-state index is -0.860. The van der Waals surface area contributed by atoms with Crippen LogP contribution in [-0.2, 0) is 14.3 Å². The highest BCUT2D eigenvalue weighted by Crippen LogP contribution is 2.47. The molecule has 0 amide bonds. The zero-order valence-corrected chi connectivity index (χ0v) is 19.6. The molecule has 174 valence electrons. The topological polar surface area (TPSA) is 85.9 Å². The number of carbonyl (C=O) groups is 2. The Morgan fingerprint density at radius 1 is 1.06 bits per heavy atom. The third-order valence-corrected chi connectivity index (χ3v) is 6.12. The fourth-order valence-corrected chi connectivity index (χ4v) is 4.65. The predicted octanol–water partition coefficient (Wildman–Crippen LogP) is 4.71. The van der Waals surface area contributed by atoms with Crippen molar-refractivity contribution < 1.29 is 23.8 Å². The quantitative estimate of drug-likeness (QED) is 0.504. The third kappa shape index (κ3) is 4.15. The zero-order chi connectivity index (χ0) is 23.7. The highest BCUT2D eigenvalue weighted by molar-refractivity contribution is 6.11. The SMILES string of the molecule is COC(=O)[C@H]1C(=O)C2=C(C[C@H]1C)Nc1ccccc1N[C@H]2c1cccc(OC)c1OC(C)C. The molecule has 2 aromatic rings. The maximum Gasteiger partial charge on any atom is 0.316 e. The monoisotopic (exact) mass is 450 g/mol. The molecule has 2 N–H and O–H groups in total. The Morgan fingerprint density at radius 2 is 1.79 bits per heavy atom. The van der Waals surface area contributed by atoms with Gasteiger partial charge in [0.2, 0.25) is 0 Å². The van der Waals surface area contributed by atoms with Gasteiger partial charge in [0, 0.05) is 16.8 Å². The van der Waals surface area contributed by atoms with Gasteiger partial charge in [0.1, 0.15) is 5.92 Å². The van der Waals surface area contributed by atoms with E-state index in [9.17, 15) is 9.59 Å². The number of allylic oxidation sites excluding steroid dienone is 1. The van der Waals surface area contributed by atoms with Crippen LogP contribution in [0.5, 0.6) is 11.5 Å². The predicted molar refractivity (Wildman–Crippen MR) is 127 cm³/mol. The first-order valence-electron chi connectivity index (χ1n) is 11.2. The van der Waals surface area contributed by atoms with Crippen molar-refractivity contribution in [3.05, 3.63) is 59.3 Å². The number of fused-ring (bicyclic) bond motifs is 1. The molecule has 2 aromatic carbocycles. The lowest BCUT2D eigenvalue weighted by Crippen LogP contribution is -2.39. The molecule has 4 rings (SSSR count). The van der Waals surface area contributed by atoms with E-state index < -0.39 is 17.9 Å². The maximum atomic E-state index is 13.8. The lowest BCUT2D eigenvalue weighted by Gasteiger charge is -2.33. The fourth-order valence-electron chi connectivity index (χ4n) is 4.65. The van der Waals surface area contributed by atoms with E-state index in [1.807, 2.05) is 63.2 Å². The second-order valence-electron chi connectivity index (χ2n) is 8.73. The van der Waals surface area contributed by atoms with Crippen molar-refractivity contribution in [2.75, 3.05) is 24.9 Å². The number of anilines is 2. The summed E-state index contributed by atoms with van der Waals surface area (Å²) >= 11 is 0. The zero-order valence-electron chi connectivity index (χ0n) is 19.6. The van der Waals surface area contributed by atoms with Gasteiger partial charge in [-0.25, -0.2) is 0 Å². The molecule has 0 bridgehead atoms. The van der Waals surface area contributed by atoms with Crippen molar-refractivity contribution >= 4 is 23.1 Å². The molecule has 0 radical (unpaired) electrons. The Bertz CT molecular complexity index is 1110. The summed E-state index contributed by atoms with van der Waals surface area (Å²) in [5.74, 6) is -0.660. The molecular formula is C26H30N2O5. The van der Waals surface area contributed by atoms with Crippen molar-refractivity contribution in [1.82, 2.24) is 0 Å². The molecule has 33 heavy (non-hydrogen) atoms. The summed E-state index contributed by atoms with van der Waals surface area (Å²) in [6.07, 6.45) is 0.437. The second kappa shape index (κ2) is 9.17. The Kier molecular flexibility index (Phi) is 6.31. The van der Waals surface area contributed by atoms with Gasteiger partial charge in [0.05, 0.1) is 37.7 Å². The molecule has 1 aliphatic carbocycles. The van der Waals surface area contributed by atoms with Crippen molar-refractivity contribution in [2.45, 2.75) is 39.3 Å². The smallest absolute Gasteiger partial charge is 0.316 e. The van der Waals surface area contributed by atoms with Gasteiger partial charge < -0.3 is 24.8 Å². The molecule has 0 fully saturated rings. The average Bonchev–Trinajstić information content (AvgIpc) is 2.95. The second-order valence-corrected chi connectivity index (χ2v) is 8.73. The number of Topliss-reactive ketones (excluding diaryl/α,β-unsaturated/α-hetero) is 1. The number of methoxy groups -OCH3 is 2. The Hall–Kier alpha value is -3.48. The lowest BCUT2D eigenvalue weighted by atomic mass is 9.74. The lowest BCUT2D eigenvalue weighted by molar-refractivity contribution is -0.151. The summed E-state index contributed by atoms with van der Waals surface area (Å²) in [6, 6.07) is 12.9. The Labute approximate surface area is 194 Å². The van der Waals surface area contributed by atoms with Crippen LogP contribution in [0.2, 0.25) is 0 Å². The van der Waals surface area contributed by atoms with Gasteiger partial charge in [0.15, 0.2) is 17.3 Å². The van der Waals surface area contributed by atoms with Gasteiger partial charge in [-0.3, -0.25) is 9.59 Å². The van der Waals surface area contributed by atoms with Crippen molar-refractivity contribution in [3.8, 4) is 11.5 Å². The van der Waals surface area contributed by atoms with Gasteiger partial charge in [0.25, 0.3) is 0 Å². The molecule has 1 aliphatic heterocycles. The Morgan fingerprint density at radius 3 is 2.45 bits per heavy atom. The van der Waals surface area contributed by atoms with Crippen LogP contribution in [0.3, 0.4) is 0 Å². The van der Waals surface area contributed by atoms with Crippen LogP contribution < -0.4 is 20.1 Å². The Balaban J connectivity index is 1.93. The van der Waals surface area contributed by atoms with E-state index in [4.69, 9.17) is 14.2 Å². The minimum absolute atomic E-state index is 0.102. The number of ketones is 1. The van der Waals surface area contributed by atoms with Crippen LogP contribution >= 0.6 is 0 Å². The van der Waals surface area contributed by atoms with E-state index in [0.717, 1.165) is 22.6 Å². The van der Waals surface area contributed by atoms with Gasteiger partial charge in [-0.1, -0.05) is 31.2 Å². The van der Waals surface area contributed by atoms with E-state index in [-0.39, 0.29) is 17.8 Å². The standard InChI is InChI=1S/C26H30N2O5/c1-14(2)33-25-16(9-8-12-20(25)31-4)23-22-19(27-17-10-6-7-11-18(17)28-23)13-15(3)21(24(22)29)26(30)32-5/h6-12,14-15,21,23,27-28H,13H2,1-5H3/t15-,21-,23+/m1/s1. The summed E-state index contributed by atoms with van der Waals surface area (Å²) in [7, 11) is 2.91. The number of para-hydroxylation sites is 3. The highest BCUT2D eigenvalue weighted by Gasteiger charge is 2.45. The van der Waals surface area contributed by atoms with Crippen LogP contribution in [0.4, 0.5) is 11.4 Å². The van der Waals surface area contributed by atoms with E-state index in [1.54, 1.807) is 7.11 Å². The van der Waals surface area contributed by atoms with E-state index >= 15 is 0 Å². The number of rotatable bonds is 5. The molecule has 1 heterocycles. The van der Waals surface area contributed by atoms with Crippen molar-refractivity contribution in [2.24, 2.45) is 11.8 Å². The molecule has 3 atom stereocenters. The van der Waals surface area contributed by atoms with Crippen LogP contribution in [0, 0.1) is 11.8 Å². The summed E-state index contributed by atoms with van der Waals surface area (Å²) in [4.78, 5) is 26.4. The minimum Gasteiger partial charge on any atom is -0.493 e. The molecule has 7 heteroatoms. The number of carbonyl (C=O) groups excluding carboxylic acids is 2. The van der Waals surface area contributed by atoms with Gasteiger partial charge >= 0.3 is 5.97 Å². The number of hydrogen-bond acceptors (Lipinski definition) is 7. The van der Waals surface area contributed by atoms with Crippen molar-refractivity contribution in [1.29, 1.82) is 0 Å². The van der Waals surface area contributed by atoms with Gasteiger partial charge in [-0.2, -0.15) is 0 Å². The first-order chi connectivity index (χ1) is 15.8. The van der Waals surface area contributed by atoms with Gasteiger partial charge in [-0.05, 0) is 44.4 Å². The molecule has 7 nitrogen and oxygen atoms in total.